The van der Waals surface area contributed by atoms with Gasteiger partial charge in [-0.15, -0.1) is 0 Å². The van der Waals surface area contributed by atoms with Crippen LogP contribution in [0.2, 0.25) is 0 Å². The largest absolute Gasteiger partial charge is 0.403 e. The van der Waals surface area contributed by atoms with Gasteiger partial charge in [0.15, 0.2) is 0 Å². The third-order valence-corrected chi connectivity index (χ3v) is 0.491. The lowest BCUT2D eigenvalue weighted by atomic mass is 10.6. The number of hydrogen-bond acceptors (Lipinski definition) is 2. The van der Waals surface area contributed by atoms with E-state index in [0.29, 0.717) is 0 Å². The minimum absolute atomic E-state index is 0.759. The third-order valence-electron chi connectivity index (χ3n) is 0.491. The molecule has 0 amide bonds. The Labute approximate surface area is 37.4 Å². The predicted octanol–water partition coefficient (Wildman–Crippen LogP) is 0.507. The summed E-state index contributed by atoms with van der Waals surface area (Å²) >= 11 is 0. The van der Waals surface area contributed by atoms with Crippen LogP contribution >= 0.6 is 0 Å². The van der Waals surface area contributed by atoms with E-state index < -0.39 is 0 Å². The highest BCUT2D eigenvalue weighted by Crippen LogP contribution is 1.83. The summed E-state index contributed by atoms with van der Waals surface area (Å²) in [5.41, 5.74) is 5.75. The third kappa shape index (κ3) is 1.52. The first-order valence-corrected chi connectivity index (χ1v) is 1.66. The molecule has 0 aromatic heterocycles. The molecule has 6 heavy (non-hydrogen) atoms. The molecule has 0 radical (unpaired) electrons. The zero-order valence-electron chi connectivity index (χ0n) is 3.81. The maximum atomic E-state index is 4.99. The second kappa shape index (κ2) is 2.45. The van der Waals surface area contributed by atoms with Crippen molar-refractivity contribution in [3.05, 3.63) is 11.9 Å². The van der Waals surface area contributed by atoms with E-state index in [4.69, 9.17) is 5.73 Å². The Bertz CT molecular complexity index is 73.6. The molecule has 2 heteroatoms. The van der Waals surface area contributed by atoms with E-state index in [2.05, 4.69) is 11.7 Å². The Balaban J connectivity index is 3.50. The molecule has 0 rings (SSSR count). The van der Waals surface area contributed by atoms with Gasteiger partial charge in [0.1, 0.15) is 0 Å². The number of hydrogen-bond donors (Lipinski definition) is 1. The van der Waals surface area contributed by atoms with Crippen LogP contribution in [-0.4, -0.2) is 6.72 Å². The highest BCUT2D eigenvalue weighted by atomic mass is 14.7. The van der Waals surface area contributed by atoms with Gasteiger partial charge in [-0.2, -0.15) is 0 Å². The smallest absolute Gasteiger partial charge is 0.0519 e. The molecule has 2 N–H and O–H groups in total. The molecule has 0 aliphatic rings. The van der Waals surface area contributed by atoms with Crippen molar-refractivity contribution in [1.82, 2.24) is 0 Å². The van der Waals surface area contributed by atoms with Gasteiger partial charge < -0.3 is 5.73 Å². The van der Waals surface area contributed by atoms with Crippen LogP contribution in [0, 0.1) is 0 Å². The molecule has 0 aliphatic carbocycles. The zero-order valence-corrected chi connectivity index (χ0v) is 3.81. The first-order valence-electron chi connectivity index (χ1n) is 1.66. The first kappa shape index (κ1) is 5.21. The molecule has 0 spiro atoms. The average molecular weight is 84.1 g/mol. The molecule has 0 bridgehead atoms. The van der Waals surface area contributed by atoms with Crippen LogP contribution in [0.3, 0.4) is 0 Å². The van der Waals surface area contributed by atoms with Gasteiger partial charge in [-0.25, -0.2) is 0 Å². The second-order valence-corrected chi connectivity index (χ2v) is 0.966. The van der Waals surface area contributed by atoms with Crippen LogP contribution in [0.4, 0.5) is 0 Å². The molecule has 0 atom stereocenters. The quantitative estimate of drug-likeness (QED) is 0.462. The van der Waals surface area contributed by atoms with Crippen molar-refractivity contribution in [3.8, 4) is 0 Å². The summed E-state index contributed by atoms with van der Waals surface area (Å²) in [4.78, 5) is 3.49. The molecule has 0 unspecified atom stereocenters. The van der Waals surface area contributed by atoms with E-state index in [-0.39, 0.29) is 0 Å². The monoisotopic (exact) mass is 84.1 g/mol. The minimum atomic E-state index is 0.759. The zero-order chi connectivity index (χ0) is 4.99. The van der Waals surface area contributed by atoms with Crippen molar-refractivity contribution < 1.29 is 0 Å². The molecule has 0 aromatic rings. The molecule has 0 aromatic carbocycles. The molecule has 0 fully saturated rings. The summed E-state index contributed by atoms with van der Waals surface area (Å²) in [6.07, 6.45) is 1.41. The van der Waals surface area contributed by atoms with Crippen LogP contribution in [0.5, 0.6) is 0 Å². The summed E-state index contributed by atoms with van der Waals surface area (Å²) in [5, 5.41) is 0. The molecule has 0 saturated heterocycles. The summed E-state index contributed by atoms with van der Waals surface area (Å²) in [5.74, 6) is 0. The number of rotatable bonds is 1. The van der Waals surface area contributed by atoms with Crippen molar-refractivity contribution in [3.63, 3.8) is 0 Å². The lowest BCUT2D eigenvalue weighted by Crippen LogP contribution is -1.78. The van der Waals surface area contributed by atoms with Gasteiger partial charge in [-0.3, -0.25) is 4.99 Å². The fourth-order valence-corrected chi connectivity index (χ4v) is 0.0527. The maximum Gasteiger partial charge on any atom is 0.0519 e. The number of aliphatic imine (C=N–C) groups is 1. The van der Waals surface area contributed by atoms with Crippen LogP contribution in [-0.2, 0) is 0 Å². The van der Waals surface area contributed by atoms with Crippen molar-refractivity contribution in [2.45, 2.75) is 6.92 Å². The molecular formula is C4H8N2. The highest BCUT2D eigenvalue weighted by molar-refractivity contribution is 5.27. The van der Waals surface area contributed by atoms with Crippen molar-refractivity contribution in [1.29, 1.82) is 0 Å². The van der Waals surface area contributed by atoms with E-state index in [9.17, 15) is 0 Å². The fraction of sp³-hybridized carbons (Fsp3) is 0.250. The van der Waals surface area contributed by atoms with Gasteiger partial charge >= 0.3 is 0 Å². The lowest BCUT2D eigenvalue weighted by molar-refractivity contribution is 1.29. The SMILES string of the molecule is C=N/C(C)=C\N. The second-order valence-electron chi connectivity index (χ2n) is 0.966. The van der Waals surface area contributed by atoms with Gasteiger partial charge in [0.2, 0.25) is 0 Å². The van der Waals surface area contributed by atoms with E-state index in [0.717, 1.165) is 5.70 Å². The Hall–Kier alpha value is -0.790. The summed E-state index contributed by atoms with van der Waals surface area (Å²) < 4.78 is 0. The Morgan fingerprint density at radius 1 is 2.00 bits per heavy atom. The van der Waals surface area contributed by atoms with E-state index in [1.807, 2.05) is 0 Å². The summed E-state index contributed by atoms with van der Waals surface area (Å²) in [6.45, 7) is 5.02. The van der Waals surface area contributed by atoms with E-state index in [1.165, 1.54) is 6.20 Å². The summed E-state index contributed by atoms with van der Waals surface area (Å²) in [6, 6.07) is 0. The lowest BCUT2D eigenvalue weighted by Gasteiger charge is -1.79. The minimum Gasteiger partial charge on any atom is -0.403 e. The predicted molar refractivity (Wildman–Crippen MR) is 27.5 cm³/mol. The van der Waals surface area contributed by atoms with Crippen LogP contribution in [0.15, 0.2) is 16.9 Å². The topological polar surface area (TPSA) is 38.4 Å². The normalized spacial score (nSPS) is 11.2. The Kier molecular flexibility index (Phi) is 2.13. The standard InChI is InChI=1S/C4H8N2/c1-4(3-5)6-2/h3H,2,5H2,1H3/b4-3-. The molecule has 0 aliphatic heterocycles. The Morgan fingerprint density at radius 2 is 2.50 bits per heavy atom. The molecule has 0 heterocycles. The number of nitrogens with zero attached hydrogens (tertiary/aromatic N) is 1. The van der Waals surface area contributed by atoms with Gasteiger partial charge in [0.05, 0.1) is 5.70 Å². The number of allylic oxidation sites excluding steroid dienone is 1. The number of nitrogens with two attached hydrogens (primary N) is 1. The highest BCUT2D eigenvalue weighted by Gasteiger charge is 1.68. The van der Waals surface area contributed by atoms with Gasteiger partial charge in [0.25, 0.3) is 0 Å². The van der Waals surface area contributed by atoms with Gasteiger partial charge in [-0.1, -0.05) is 0 Å². The van der Waals surface area contributed by atoms with Gasteiger partial charge in [-0.05, 0) is 13.6 Å². The van der Waals surface area contributed by atoms with Crippen LogP contribution in [0.1, 0.15) is 6.92 Å². The molecule has 34 valence electrons. The van der Waals surface area contributed by atoms with E-state index >= 15 is 0 Å². The first-order chi connectivity index (χ1) is 2.81. The average Bonchev–Trinajstić information content (AvgIpc) is 1.65. The van der Waals surface area contributed by atoms with Crippen molar-refractivity contribution >= 4 is 6.72 Å². The maximum absolute atomic E-state index is 4.99. The van der Waals surface area contributed by atoms with Crippen molar-refractivity contribution in [2.24, 2.45) is 10.7 Å². The molecule has 2 nitrogen and oxygen atoms in total. The molecular weight excluding hydrogens is 76.1 g/mol. The van der Waals surface area contributed by atoms with E-state index in [1.54, 1.807) is 6.92 Å². The Morgan fingerprint density at radius 3 is 2.50 bits per heavy atom. The van der Waals surface area contributed by atoms with Crippen LogP contribution < -0.4 is 5.73 Å². The van der Waals surface area contributed by atoms with Gasteiger partial charge in [0, 0.05) is 6.20 Å². The fourth-order valence-electron chi connectivity index (χ4n) is 0.0527. The van der Waals surface area contributed by atoms with Crippen LogP contribution in [0.25, 0.3) is 0 Å². The molecule has 0 saturated carbocycles. The van der Waals surface area contributed by atoms with Crippen molar-refractivity contribution in [2.75, 3.05) is 0 Å². The summed E-state index contributed by atoms with van der Waals surface area (Å²) in [7, 11) is 0.